The van der Waals surface area contributed by atoms with Crippen LogP contribution in [0.1, 0.15) is 26.2 Å². The zero-order valence-electron chi connectivity index (χ0n) is 15.0. The van der Waals surface area contributed by atoms with Gasteiger partial charge in [-0.1, -0.05) is 18.2 Å². The molecule has 7 nitrogen and oxygen atoms in total. The van der Waals surface area contributed by atoms with Gasteiger partial charge in [-0.3, -0.25) is 9.59 Å². The fourth-order valence-corrected chi connectivity index (χ4v) is 3.51. The van der Waals surface area contributed by atoms with Crippen molar-refractivity contribution in [3.05, 3.63) is 30.3 Å². The van der Waals surface area contributed by atoms with E-state index in [1.807, 2.05) is 30.3 Å². The number of amides is 3. The molecule has 3 rings (SSSR count). The molecule has 0 bridgehead atoms. The van der Waals surface area contributed by atoms with Crippen molar-refractivity contribution in [2.24, 2.45) is 5.92 Å². The molecule has 0 aromatic heterocycles. The number of likely N-dealkylation sites (tertiary alicyclic amines) is 1. The number of para-hydroxylation sites is 1. The number of hydrogen-bond acceptors (Lipinski definition) is 4. The summed E-state index contributed by atoms with van der Waals surface area (Å²) in [4.78, 5) is 39.9. The SMILES string of the molecule is CCOC(=O)C1CCN(C(=O)NC2CC(=O)N(c3ccccc3)C2)CC1. The van der Waals surface area contributed by atoms with Crippen LogP contribution < -0.4 is 10.2 Å². The van der Waals surface area contributed by atoms with E-state index in [9.17, 15) is 14.4 Å². The molecule has 3 amide bonds. The Bertz CT molecular complexity index is 656. The smallest absolute Gasteiger partial charge is 0.317 e. The van der Waals surface area contributed by atoms with E-state index in [1.165, 1.54) is 0 Å². The van der Waals surface area contributed by atoms with Crippen LogP contribution in [0.3, 0.4) is 0 Å². The van der Waals surface area contributed by atoms with E-state index >= 15 is 0 Å². The first-order chi connectivity index (χ1) is 12.6. The molecule has 0 spiro atoms. The molecule has 2 aliphatic rings. The number of nitrogens with one attached hydrogen (secondary N) is 1. The van der Waals surface area contributed by atoms with Crippen LogP contribution in [0.5, 0.6) is 0 Å². The van der Waals surface area contributed by atoms with Crippen molar-refractivity contribution in [1.29, 1.82) is 0 Å². The minimum Gasteiger partial charge on any atom is -0.466 e. The van der Waals surface area contributed by atoms with E-state index in [-0.39, 0.29) is 29.9 Å². The summed E-state index contributed by atoms with van der Waals surface area (Å²) in [6, 6.07) is 9.11. The number of esters is 1. The molecule has 26 heavy (non-hydrogen) atoms. The molecule has 0 aliphatic carbocycles. The summed E-state index contributed by atoms with van der Waals surface area (Å²) in [7, 11) is 0. The summed E-state index contributed by atoms with van der Waals surface area (Å²) >= 11 is 0. The Morgan fingerprint density at radius 3 is 2.54 bits per heavy atom. The maximum atomic E-state index is 12.5. The fraction of sp³-hybridized carbons (Fsp3) is 0.526. The number of carbonyl (C=O) groups excluding carboxylic acids is 3. The van der Waals surface area contributed by atoms with E-state index in [1.54, 1.807) is 16.7 Å². The number of benzene rings is 1. The van der Waals surface area contributed by atoms with Gasteiger partial charge in [0.15, 0.2) is 0 Å². The summed E-state index contributed by atoms with van der Waals surface area (Å²) < 4.78 is 5.05. The maximum Gasteiger partial charge on any atom is 0.317 e. The van der Waals surface area contributed by atoms with Crippen molar-refractivity contribution in [3.8, 4) is 0 Å². The van der Waals surface area contributed by atoms with Gasteiger partial charge in [-0.25, -0.2) is 4.79 Å². The van der Waals surface area contributed by atoms with Crippen molar-refractivity contribution in [1.82, 2.24) is 10.2 Å². The Balaban J connectivity index is 1.49. The molecule has 2 aliphatic heterocycles. The van der Waals surface area contributed by atoms with Crippen LogP contribution in [0.4, 0.5) is 10.5 Å². The van der Waals surface area contributed by atoms with Crippen LogP contribution in [0.2, 0.25) is 0 Å². The van der Waals surface area contributed by atoms with Gasteiger partial charge in [0.05, 0.1) is 18.6 Å². The van der Waals surface area contributed by atoms with Gasteiger partial charge in [-0.05, 0) is 31.9 Å². The van der Waals surface area contributed by atoms with Crippen LogP contribution in [-0.2, 0) is 14.3 Å². The highest BCUT2D eigenvalue weighted by Gasteiger charge is 2.34. The summed E-state index contributed by atoms with van der Waals surface area (Å²) in [6.45, 7) is 3.71. The number of rotatable bonds is 4. The second kappa shape index (κ2) is 8.21. The highest BCUT2D eigenvalue weighted by Crippen LogP contribution is 2.22. The Kier molecular flexibility index (Phi) is 5.75. The molecular weight excluding hydrogens is 334 g/mol. The highest BCUT2D eigenvalue weighted by atomic mass is 16.5. The summed E-state index contributed by atoms with van der Waals surface area (Å²) in [5, 5.41) is 2.96. The van der Waals surface area contributed by atoms with E-state index in [4.69, 9.17) is 4.74 Å². The third-order valence-corrected chi connectivity index (χ3v) is 4.92. The number of ether oxygens (including phenoxy) is 1. The second-order valence-electron chi connectivity index (χ2n) is 6.70. The van der Waals surface area contributed by atoms with Crippen molar-refractivity contribution in [3.63, 3.8) is 0 Å². The molecule has 2 saturated heterocycles. The highest BCUT2D eigenvalue weighted by molar-refractivity contribution is 5.96. The first-order valence-corrected chi connectivity index (χ1v) is 9.16. The molecule has 0 saturated carbocycles. The van der Waals surface area contributed by atoms with Crippen LogP contribution in [0.15, 0.2) is 30.3 Å². The minimum atomic E-state index is -0.196. The molecule has 1 aromatic carbocycles. The number of urea groups is 1. The molecule has 1 aromatic rings. The second-order valence-corrected chi connectivity index (χ2v) is 6.70. The van der Waals surface area contributed by atoms with Crippen LogP contribution in [-0.4, -0.2) is 55.1 Å². The largest absolute Gasteiger partial charge is 0.466 e. The van der Waals surface area contributed by atoms with Gasteiger partial charge in [0, 0.05) is 31.7 Å². The number of carbonyl (C=O) groups is 3. The Labute approximate surface area is 153 Å². The first-order valence-electron chi connectivity index (χ1n) is 9.16. The third-order valence-electron chi connectivity index (χ3n) is 4.92. The first kappa shape index (κ1) is 18.2. The Morgan fingerprint density at radius 1 is 1.19 bits per heavy atom. The lowest BCUT2D eigenvalue weighted by atomic mass is 9.97. The van der Waals surface area contributed by atoms with Crippen LogP contribution in [0, 0.1) is 5.92 Å². The predicted molar refractivity (Wildman–Crippen MR) is 96.7 cm³/mol. The summed E-state index contributed by atoms with van der Waals surface area (Å²) in [6.07, 6.45) is 1.54. The quantitative estimate of drug-likeness (QED) is 0.831. The Hall–Kier alpha value is -2.57. The van der Waals surface area contributed by atoms with Gasteiger partial charge >= 0.3 is 12.0 Å². The number of piperidine rings is 1. The molecule has 2 fully saturated rings. The van der Waals surface area contributed by atoms with Crippen molar-refractivity contribution < 1.29 is 19.1 Å². The number of nitrogens with zero attached hydrogens (tertiary/aromatic N) is 2. The third kappa shape index (κ3) is 4.15. The molecule has 2 heterocycles. The van der Waals surface area contributed by atoms with Crippen LogP contribution >= 0.6 is 0 Å². The van der Waals surface area contributed by atoms with Gasteiger partial charge in [0.1, 0.15) is 0 Å². The lowest BCUT2D eigenvalue weighted by Gasteiger charge is -2.31. The van der Waals surface area contributed by atoms with Crippen LogP contribution in [0.25, 0.3) is 0 Å². The van der Waals surface area contributed by atoms with Gasteiger partial charge in [-0.2, -0.15) is 0 Å². The standard InChI is InChI=1S/C19H25N3O4/c1-2-26-18(24)14-8-10-21(11-9-14)19(25)20-15-12-17(23)22(13-15)16-6-4-3-5-7-16/h3-7,14-15H,2,8-13H2,1H3,(H,20,25). The normalized spacial score (nSPS) is 21.0. The van der Waals surface area contributed by atoms with Gasteiger partial charge < -0.3 is 19.9 Å². The van der Waals surface area contributed by atoms with Gasteiger partial charge in [0.25, 0.3) is 0 Å². The maximum absolute atomic E-state index is 12.5. The van der Waals surface area contributed by atoms with E-state index in [0.717, 1.165) is 5.69 Å². The lowest BCUT2D eigenvalue weighted by Crippen LogP contribution is -2.49. The summed E-state index contributed by atoms with van der Waals surface area (Å²) in [5.74, 6) is -0.282. The molecule has 7 heteroatoms. The van der Waals surface area contributed by atoms with Crippen molar-refractivity contribution in [2.45, 2.75) is 32.2 Å². The average Bonchev–Trinajstić information content (AvgIpc) is 3.03. The predicted octanol–water partition coefficient (Wildman–Crippen LogP) is 1.78. The topological polar surface area (TPSA) is 79.0 Å². The van der Waals surface area contributed by atoms with Gasteiger partial charge in [-0.15, -0.1) is 0 Å². The molecule has 1 N–H and O–H groups in total. The zero-order valence-corrected chi connectivity index (χ0v) is 15.0. The minimum absolute atomic E-state index is 0.0162. The fourth-order valence-electron chi connectivity index (χ4n) is 3.51. The molecule has 0 radical (unpaired) electrons. The lowest BCUT2D eigenvalue weighted by molar-refractivity contribution is -0.149. The monoisotopic (exact) mass is 359 g/mol. The molecule has 140 valence electrons. The molecule has 1 unspecified atom stereocenters. The van der Waals surface area contributed by atoms with E-state index < -0.39 is 0 Å². The summed E-state index contributed by atoms with van der Waals surface area (Å²) in [5.41, 5.74) is 0.851. The van der Waals surface area contributed by atoms with Crippen molar-refractivity contribution in [2.75, 3.05) is 31.1 Å². The molecule has 1 atom stereocenters. The van der Waals surface area contributed by atoms with E-state index in [0.29, 0.717) is 45.5 Å². The number of hydrogen-bond donors (Lipinski definition) is 1. The number of anilines is 1. The molecular formula is C19H25N3O4. The Morgan fingerprint density at radius 2 is 1.88 bits per heavy atom. The average molecular weight is 359 g/mol. The van der Waals surface area contributed by atoms with Crippen molar-refractivity contribution >= 4 is 23.6 Å². The zero-order chi connectivity index (χ0) is 18.5. The van der Waals surface area contributed by atoms with E-state index in [2.05, 4.69) is 5.32 Å². The van der Waals surface area contributed by atoms with Gasteiger partial charge in [0.2, 0.25) is 5.91 Å².